The maximum Gasteiger partial charge on any atom is 0.231 e. The van der Waals surface area contributed by atoms with Gasteiger partial charge in [-0.05, 0) is 24.3 Å². The first kappa shape index (κ1) is 17.3. The molecule has 0 spiro atoms. The zero-order valence-electron chi connectivity index (χ0n) is 13.1. The van der Waals surface area contributed by atoms with Gasteiger partial charge in [0.25, 0.3) is 0 Å². The molecular formula is C14H18N6OS2. The predicted molar refractivity (Wildman–Crippen MR) is 91.2 cm³/mol. The molecule has 2 aromatic heterocycles. The lowest BCUT2D eigenvalue weighted by atomic mass is 9.90. The van der Waals surface area contributed by atoms with Crippen molar-refractivity contribution < 1.29 is 4.79 Å². The second-order valence-electron chi connectivity index (χ2n) is 5.46. The highest BCUT2D eigenvalue weighted by molar-refractivity contribution is 7.99. The summed E-state index contributed by atoms with van der Waals surface area (Å²) in [6.07, 6.45) is 0. The molecule has 0 bridgehead atoms. The number of carbonyl (C=O) groups excluding carboxylic acids is 1. The van der Waals surface area contributed by atoms with Crippen molar-refractivity contribution in [1.82, 2.24) is 20.2 Å². The largest absolute Gasteiger partial charge is 0.337 e. The standard InChI is InChI=1S/C14H18N6OS2/c1-9(2)14(3,8-15)17-11(21)7-23-13-19-18-12(20(13)16)10-5-4-6-22-10/h4-6,9H,7,16H2,1-3H3,(H,17,21). The maximum absolute atomic E-state index is 12.1. The van der Waals surface area contributed by atoms with Crippen LogP contribution in [0.3, 0.4) is 0 Å². The zero-order valence-corrected chi connectivity index (χ0v) is 14.7. The second-order valence-corrected chi connectivity index (χ2v) is 7.35. The smallest absolute Gasteiger partial charge is 0.231 e. The van der Waals surface area contributed by atoms with Gasteiger partial charge >= 0.3 is 0 Å². The number of aromatic nitrogens is 3. The molecule has 122 valence electrons. The van der Waals surface area contributed by atoms with Crippen LogP contribution in [-0.4, -0.2) is 32.1 Å². The number of nitrogen functional groups attached to an aromatic ring is 1. The molecule has 0 saturated heterocycles. The summed E-state index contributed by atoms with van der Waals surface area (Å²) in [6.45, 7) is 5.49. The molecule has 0 aliphatic carbocycles. The number of amides is 1. The van der Waals surface area contributed by atoms with Gasteiger partial charge in [-0.1, -0.05) is 31.7 Å². The Kier molecular flexibility index (Phi) is 5.28. The number of rotatable bonds is 6. The van der Waals surface area contributed by atoms with Crippen LogP contribution in [0.5, 0.6) is 0 Å². The molecule has 1 unspecified atom stereocenters. The molecule has 7 nitrogen and oxygen atoms in total. The molecule has 2 aromatic rings. The van der Waals surface area contributed by atoms with E-state index in [0.29, 0.717) is 11.0 Å². The molecule has 9 heteroatoms. The summed E-state index contributed by atoms with van der Waals surface area (Å²) in [7, 11) is 0. The molecular weight excluding hydrogens is 332 g/mol. The molecule has 23 heavy (non-hydrogen) atoms. The lowest BCUT2D eigenvalue weighted by molar-refractivity contribution is -0.120. The van der Waals surface area contributed by atoms with Crippen LogP contribution in [0.25, 0.3) is 10.7 Å². The van der Waals surface area contributed by atoms with Gasteiger partial charge in [-0.25, -0.2) is 4.68 Å². The third-order valence-corrected chi connectivity index (χ3v) is 5.33. The van der Waals surface area contributed by atoms with Crippen molar-refractivity contribution in [3.8, 4) is 16.8 Å². The number of hydrogen-bond donors (Lipinski definition) is 2. The average Bonchev–Trinajstić information content (AvgIpc) is 3.14. The third kappa shape index (κ3) is 3.83. The summed E-state index contributed by atoms with van der Waals surface area (Å²) >= 11 is 2.70. The number of nitrogens with one attached hydrogen (secondary N) is 1. The van der Waals surface area contributed by atoms with Gasteiger partial charge < -0.3 is 11.2 Å². The Balaban J connectivity index is 1.99. The molecule has 0 fully saturated rings. The lowest BCUT2D eigenvalue weighted by Gasteiger charge is -2.27. The topological polar surface area (TPSA) is 110 Å². The van der Waals surface area contributed by atoms with Gasteiger partial charge in [-0.15, -0.1) is 21.5 Å². The van der Waals surface area contributed by atoms with Gasteiger partial charge in [-0.2, -0.15) is 5.26 Å². The van der Waals surface area contributed by atoms with E-state index < -0.39 is 5.54 Å². The van der Waals surface area contributed by atoms with Crippen molar-refractivity contribution in [2.24, 2.45) is 5.92 Å². The quantitative estimate of drug-likeness (QED) is 0.608. The minimum atomic E-state index is -0.893. The van der Waals surface area contributed by atoms with Gasteiger partial charge in [0.1, 0.15) is 5.54 Å². The first-order chi connectivity index (χ1) is 10.9. The van der Waals surface area contributed by atoms with E-state index in [0.717, 1.165) is 4.88 Å². The van der Waals surface area contributed by atoms with Crippen LogP contribution in [-0.2, 0) is 4.79 Å². The molecule has 1 amide bonds. The number of thiophene rings is 1. The van der Waals surface area contributed by atoms with Crippen LogP contribution in [0.15, 0.2) is 22.7 Å². The molecule has 0 saturated carbocycles. The minimum absolute atomic E-state index is 0.00467. The summed E-state index contributed by atoms with van der Waals surface area (Å²) in [4.78, 5) is 13.0. The Morgan fingerprint density at radius 1 is 1.61 bits per heavy atom. The molecule has 2 heterocycles. The minimum Gasteiger partial charge on any atom is -0.337 e. The number of nitrogens with zero attached hydrogens (tertiary/aromatic N) is 4. The van der Waals surface area contributed by atoms with Crippen molar-refractivity contribution in [3.63, 3.8) is 0 Å². The van der Waals surface area contributed by atoms with Gasteiger partial charge in [0.15, 0.2) is 5.82 Å². The molecule has 1 atom stereocenters. The fourth-order valence-electron chi connectivity index (χ4n) is 1.71. The Morgan fingerprint density at radius 2 is 2.35 bits per heavy atom. The van der Waals surface area contributed by atoms with E-state index in [-0.39, 0.29) is 17.6 Å². The maximum atomic E-state index is 12.1. The van der Waals surface area contributed by atoms with E-state index in [4.69, 9.17) is 5.84 Å². The Bertz CT molecular complexity index is 718. The normalized spacial score (nSPS) is 13.5. The fraction of sp³-hybridized carbons (Fsp3) is 0.429. The first-order valence-corrected chi connectivity index (χ1v) is 8.83. The summed E-state index contributed by atoms with van der Waals surface area (Å²) < 4.78 is 1.37. The average molecular weight is 350 g/mol. The van der Waals surface area contributed by atoms with E-state index in [9.17, 15) is 10.1 Å². The predicted octanol–water partition coefficient (Wildman–Crippen LogP) is 1.87. The van der Waals surface area contributed by atoms with Gasteiger partial charge in [0.05, 0.1) is 16.7 Å². The summed E-state index contributed by atoms with van der Waals surface area (Å²) in [5, 5.41) is 22.4. The van der Waals surface area contributed by atoms with Crippen molar-refractivity contribution >= 4 is 29.0 Å². The monoisotopic (exact) mass is 350 g/mol. The number of nitriles is 1. The lowest BCUT2D eigenvalue weighted by Crippen LogP contribution is -2.49. The molecule has 0 radical (unpaired) electrons. The van der Waals surface area contributed by atoms with Crippen molar-refractivity contribution in [3.05, 3.63) is 17.5 Å². The zero-order chi connectivity index (χ0) is 17.0. The second kappa shape index (κ2) is 7.02. The van der Waals surface area contributed by atoms with E-state index in [1.54, 1.807) is 6.92 Å². The number of thioether (sulfide) groups is 1. The SMILES string of the molecule is CC(C)C(C)(C#N)NC(=O)CSc1nnc(-c2cccs2)n1N. The van der Waals surface area contributed by atoms with Crippen LogP contribution in [0, 0.1) is 17.2 Å². The molecule has 2 rings (SSSR count). The number of nitrogens with two attached hydrogens (primary N) is 1. The van der Waals surface area contributed by atoms with Crippen molar-refractivity contribution in [2.75, 3.05) is 11.6 Å². The first-order valence-electron chi connectivity index (χ1n) is 6.97. The summed E-state index contributed by atoms with van der Waals surface area (Å²) in [6, 6.07) is 5.95. The number of hydrogen-bond acceptors (Lipinski definition) is 7. The Morgan fingerprint density at radius 3 is 2.91 bits per heavy atom. The van der Waals surface area contributed by atoms with Gasteiger partial charge in [0, 0.05) is 0 Å². The molecule has 0 aromatic carbocycles. The van der Waals surface area contributed by atoms with Crippen LogP contribution in [0.2, 0.25) is 0 Å². The van der Waals surface area contributed by atoms with E-state index in [1.165, 1.54) is 27.8 Å². The molecule has 0 aliphatic rings. The van der Waals surface area contributed by atoms with E-state index >= 15 is 0 Å². The fourth-order valence-corrected chi connectivity index (χ4v) is 3.07. The summed E-state index contributed by atoms with van der Waals surface area (Å²) in [5.74, 6) is 6.42. The Hall–Kier alpha value is -2.05. The van der Waals surface area contributed by atoms with E-state index in [1.807, 2.05) is 31.4 Å². The van der Waals surface area contributed by atoms with Crippen molar-refractivity contribution in [2.45, 2.75) is 31.5 Å². The summed E-state index contributed by atoms with van der Waals surface area (Å²) in [5.41, 5.74) is -0.893. The highest BCUT2D eigenvalue weighted by Crippen LogP contribution is 2.25. The highest BCUT2D eigenvalue weighted by atomic mass is 32.2. The molecule has 3 N–H and O–H groups in total. The van der Waals surface area contributed by atoms with Crippen LogP contribution in [0.4, 0.5) is 0 Å². The van der Waals surface area contributed by atoms with Crippen LogP contribution >= 0.6 is 23.1 Å². The van der Waals surface area contributed by atoms with Crippen LogP contribution < -0.4 is 11.2 Å². The highest BCUT2D eigenvalue weighted by Gasteiger charge is 2.30. The third-order valence-electron chi connectivity index (χ3n) is 3.52. The van der Waals surface area contributed by atoms with Gasteiger partial charge in [0.2, 0.25) is 11.1 Å². The number of carbonyl (C=O) groups is 1. The van der Waals surface area contributed by atoms with Gasteiger partial charge in [-0.3, -0.25) is 4.79 Å². The Labute approximate surface area is 142 Å². The van der Waals surface area contributed by atoms with E-state index in [2.05, 4.69) is 21.6 Å². The molecule has 0 aliphatic heterocycles. The van der Waals surface area contributed by atoms with Crippen molar-refractivity contribution in [1.29, 1.82) is 5.26 Å². The van der Waals surface area contributed by atoms with Crippen LogP contribution in [0.1, 0.15) is 20.8 Å².